The van der Waals surface area contributed by atoms with E-state index >= 15 is 0 Å². The summed E-state index contributed by atoms with van der Waals surface area (Å²) in [5, 5.41) is 6.22. The molecule has 2 amide bonds. The minimum atomic E-state index is -0.199. The predicted octanol–water partition coefficient (Wildman–Crippen LogP) is 3.82. The summed E-state index contributed by atoms with van der Waals surface area (Å²) in [6, 6.07) is 8.90. The molecular weight excluding hydrogens is 370 g/mol. The molecular formula is C21H29N5OS. The summed E-state index contributed by atoms with van der Waals surface area (Å²) in [5.74, 6) is 2.95. The van der Waals surface area contributed by atoms with Gasteiger partial charge < -0.3 is 15.5 Å². The summed E-state index contributed by atoms with van der Waals surface area (Å²) in [7, 11) is -0.0189. The molecule has 0 bridgehead atoms. The van der Waals surface area contributed by atoms with Crippen LogP contribution in [0.25, 0.3) is 0 Å². The van der Waals surface area contributed by atoms with Crippen LogP contribution in [0.4, 0.5) is 10.5 Å². The molecule has 1 aliphatic carbocycles. The third kappa shape index (κ3) is 3.39. The molecule has 7 heteroatoms. The van der Waals surface area contributed by atoms with E-state index in [0.29, 0.717) is 6.04 Å². The average Bonchev–Trinajstić information content (AvgIpc) is 2.68. The number of hydrogen-bond acceptors (Lipinski definition) is 4. The fraction of sp³-hybridized carbons (Fsp3) is 0.619. The lowest BCUT2D eigenvalue weighted by molar-refractivity contribution is 0.0757. The molecule has 1 saturated carbocycles. The summed E-state index contributed by atoms with van der Waals surface area (Å²) in [4.78, 5) is 14.9. The molecule has 1 aromatic rings. The van der Waals surface area contributed by atoms with Crippen molar-refractivity contribution < 1.29 is 4.79 Å². The minimum Gasteiger partial charge on any atom is -0.328 e. The van der Waals surface area contributed by atoms with Crippen LogP contribution in [0.15, 0.2) is 33.0 Å². The highest BCUT2D eigenvalue weighted by Crippen LogP contribution is 2.41. The van der Waals surface area contributed by atoms with Crippen LogP contribution in [0.3, 0.4) is 0 Å². The van der Waals surface area contributed by atoms with Crippen LogP contribution in [0.5, 0.6) is 0 Å². The number of hydrogen-bond donors (Lipinski definition) is 2. The van der Waals surface area contributed by atoms with Crippen molar-refractivity contribution >= 4 is 28.4 Å². The van der Waals surface area contributed by atoms with E-state index in [4.69, 9.17) is 0 Å². The number of urea groups is 1. The van der Waals surface area contributed by atoms with Gasteiger partial charge in [-0.15, -0.1) is 0 Å². The normalized spacial score (nSPS) is 31.7. The van der Waals surface area contributed by atoms with Gasteiger partial charge in [-0.2, -0.15) is 8.76 Å². The molecule has 3 heterocycles. The fourth-order valence-corrected chi connectivity index (χ4v) is 6.91. The zero-order valence-electron chi connectivity index (χ0n) is 16.5. The molecule has 2 N–H and O–H groups in total. The van der Waals surface area contributed by atoms with Crippen LogP contribution in [0.1, 0.15) is 51.0 Å². The number of nitrogens with zero attached hydrogens (tertiary/aromatic N) is 3. The highest BCUT2D eigenvalue weighted by Gasteiger charge is 2.43. The molecule has 28 heavy (non-hydrogen) atoms. The third-order valence-electron chi connectivity index (χ3n) is 6.89. The molecule has 6 nitrogen and oxygen atoms in total. The Morgan fingerprint density at radius 2 is 1.89 bits per heavy atom. The van der Waals surface area contributed by atoms with Gasteiger partial charge in [-0.25, -0.2) is 4.79 Å². The number of amides is 2. The standard InChI is InChI=1S/C21H29N5OS/c1-15-24-28(25-15)14-16-6-8-17(9-7-16)26-12-10-21(11-13-26)18-4-2-3-5-19(18)22-20(27)23-21/h2-5,16-17H,6-14H2,1H3,(H2,22,23,27). The van der Waals surface area contributed by atoms with Crippen LogP contribution in [0, 0.1) is 5.92 Å². The summed E-state index contributed by atoms with van der Waals surface area (Å²) < 4.78 is 9.05. The van der Waals surface area contributed by atoms with Gasteiger partial charge in [0.2, 0.25) is 0 Å². The molecule has 1 aromatic carbocycles. The van der Waals surface area contributed by atoms with Gasteiger partial charge in [0.25, 0.3) is 0 Å². The second kappa shape index (κ2) is 7.26. The van der Waals surface area contributed by atoms with Crippen molar-refractivity contribution in [1.82, 2.24) is 10.2 Å². The summed E-state index contributed by atoms with van der Waals surface area (Å²) in [6.45, 7) is 4.12. The molecule has 4 aliphatic rings. The van der Waals surface area contributed by atoms with E-state index in [2.05, 4.69) is 36.4 Å². The van der Waals surface area contributed by atoms with Crippen LogP contribution in [0.2, 0.25) is 0 Å². The first-order chi connectivity index (χ1) is 13.6. The second-order valence-electron chi connectivity index (χ2n) is 8.65. The number of piperidine rings is 1. The Bertz CT molecular complexity index is 835. The number of nitrogens with one attached hydrogen (secondary N) is 2. The van der Waals surface area contributed by atoms with Gasteiger partial charge >= 0.3 is 6.03 Å². The first-order valence-corrected chi connectivity index (χ1v) is 11.8. The number of likely N-dealkylation sites (tertiary alicyclic amines) is 1. The summed E-state index contributed by atoms with van der Waals surface area (Å²) >= 11 is 0. The lowest BCUT2D eigenvalue weighted by Crippen LogP contribution is -2.58. The molecule has 1 saturated heterocycles. The maximum absolute atomic E-state index is 12.2. The number of benzene rings is 1. The maximum atomic E-state index is 12.2. The molecule has 0 unspecified atom stereocenters. The zero-order chi connectivity index (χ0) is 19.1. The molecule has 5 rings (SSSR count). The molecule has 150 valence electrons. The van der Waals surface area contributed by atoms with Crippen molar-refractivity contribution in [2.24, 2.45) is 14.7 Å². The number of rotatable bonds is 3. The Balaban J connectivity index is 1.18. The van der Waals surface area contributed by atoms with Gasteiger partial charge in [-0.3, -0.25) is 0 Å². The Morgan fingerprint density at radius 3 is 2.61 bits per heavy atom. The van der Waals surface area contributed by atoms with Gasteiger partial charge in [-0.1, -0.05) is 18.2 Å². The van der Waals surface area contributed by atoms with E-state index in [1.54, 1.807) is 0 Å². The molecule has 3 aliphatic heterocycles. The maximum Gasteiger partial charge on any atom is 0.319 e. The van der Waals surface area contributed by atoms with Crippen molar-refractivity contribution in [1.29, 1.82) is 0 Å². The molecule has 0 aromatic heterocycles. The van der Waals surface area contributed by atoms with E-state index < -0.39 is 0 Å². The fourth-order valence-electron chi connectivity index (χ4n) is 5.38. The smallest absolute Gasteiger partial charge is 0.319 e. The third-order valence-corrected chi connectivity index (χ3v) is 8.61. The van der Waals surface area contributed by atoms with E-state index in [1.807, 2.05) is 19.1 Å². The quantitative estimate of drug-likeness (QED) is 0.811. The summed E-state index contributed by atoms with van der Waals surface area (Å²) in [5.41, 5.74) is 2.02. The van der Waals surface area contributed by atoms with Crippen LogP contribution in [-0.4, -0.2) is 41.7 Å². The number of carbonyl (C=O) groups is 1. The molecule has 1 spiro atoms. The van der Waals surface area contributed by atoms with Gasteiger partial charge in [-0.05, 0) is 57.4 Å². The van der Waals surface area contributed by atoms with Crippen molar-refractivity contribution in [2.45, 2.75) is 57.0 Å². The Kier molecular flexibility index (Phi) is 4.75. The number of amidine groups is 1. The predicted molar refractivity (Wildman–Crippen MR) is 115 cm³/mol. The van der Waals surface area contributed by atoms with Crippen LogP contribution >= 0.6 is 0 Å². The largest absolute Gasteiger partial charge is 0.328 e. The Labute approximate surface area is 169 Å². The first kappa shape index (κ1) is 18.3. The molecule has 2 fully saturated rings. The lowest BCUT2D eigenvalue weighted by atomic mass is 9.77. The highest BCUT2D eigenvalue weighted by atomic mass is 32.2. The number of anilines is 1. The van der Waals surface area contributed by atoms with Crippen molar-refractivity contribution in [2.75, 3.05) is 24.2 Å². The van der Waals surface area contributed by atoms with Gasteiger partial charge in [0.1, 0.15) is 5.84 Å². The van der Waals surface area contributed by atoms with Gasteiger partial charge in [0.05, 0.1) is 5.54 Å². The van der Waals surface area contributed by atoms with E-state index in [1.165, 1.54) is 37.0 Å². The molecule has 0 radical (unpaired) electrons. The van der Waals surface area contributed by atoms with Crippen molar-refractivity contribution in [3.8, 4) is 0 Å². The van der Waals surface area contributed by atoms with Crippen LogP contribution in [-0.2, 0) is 16.4 Å². The zero-order valence-corrected chi connectivity index (χ0v) is 17.3. The number of para-hydroxylation sites is 1. The van der Waals surface area contributed by atoms with Gasteiger partial charge in [0.15, 0.2) is 0 Å². The number of carbonyl (C=O) groups excluding carboxylic acids is 1. The van der Waals surface area contributed by atoms with E-state index in [9.17, 15) is 4.79 Å². The molecule has 1 atom stereocenters. The topological polar surface area (TPSA) is 69.1 Å². The summed E-state index contributed by atoms with van der Waals surface area (Å²) in [6.07, 6.45) is 7.19. The van der Waals surface area contributed by atoms with Gasteiger partial charge in [0, 0.05) is 47.0 Å². The second-order valence-corrected chi connectivity index (χ2v) is 10.0. The van der Waals surface area contributed by atoms with Crippen molar-refractivity contribution in [3.05, 3.63) is 29.8 Å². The minimum absolute atomic E-state index is 0.0189. The monoisotopic (exact) mass is 399 g/mol. The van der Waals surface area contributed by atoms with E-state index in [0.717, 1.165) is 43.4 Å². The first-order valence-electron chi connectivity index (χ1n) is 10.5. The van der Waals surface area contributed by atoms with Crippen molar-refractivity contribution in [3.63, 3.8) is 0 Å². The average molecular weight is 400 g/mol. The van der Waals surface area contributed by atoms with E-state index in [-0.39, 0.29) is 22.4 Å². The number of fused-ring (bicyclic) bond motifs is 2. The highest BCUT2D eigenvalue weighted by molar-refractivity contribution is 7.87. The lowest BCUT2D eigenvalue weighted by Gasteiger charge is -2.48. The Morgan fingerprint density at radius 1 is 1.18 bits per heavy atom. The SMILES string of the molecule is CC1=N[S@@](CC2CCC(N3CCC4(CC3)NC(=O)Nc3ccccc34)CC2)=N1. The Hall–Kier alpha value is -1.73. The van der Waals surface area contributed by atoms with Crippen LogP contribution < -0.4 is 10.6 Å².